The van der Waals surface area contributed by atoms with Gasteiger partial charge in [0.2, 0.25) is 0 Å². The fraction of sp³-hybridized carbons (Fsp3) is 0.429. The molecule has 5 nitrogen and oxygen atoms in total. The summed E-state index contributed by atoms with van der Waals surface area (Å²) in [6, 6.07) is 10.5. The molecule has 0 aromatic heterocycles. The van der Waals surface area contributed by atoms with E-state index in [1.54, 1.807) is 12.1 Å². The Balaban J connectivity index is 1.32. The number of benzene rings is 2. The van der Waals surface area contributed by atoms with E-state index in [0.717, 1.165) is 30.2 Å². The van der Waals surface area contributed by atoms with Crippen LogP contribution >= 0.6 is 0 Å². The van der Waals surface area contributed by atoms with Crippen molar-refractivity contribution in [3.05, 3.63) is 59.7 Å². The first-order valence-electron chi connectivity index (χ1n) is 9.62. The van der Waals surface area contributed by atoms with Gasteiger partial charge in [-0.2, -0.15) is 0 Å². The molecule has 156 valence electrons. The molecular weight excluding hydrogens is 400 g/mol. The van der Waals surface area contributed by atoms with Crippen LogP contribution in [0.15, 0.2) is 42.5 Å². The first-order valence-corrected chi connectivity index (χ1v) is 11.4. The molecule has 2 aromatic carbocycles. The fourth-order valence-corrected chi connectivity index (χ4v) is 6.00. The van der Waals surface area contributed by atoms with E-state index < -0.39 is 27.1 Å². The van der Waals surface area contributed by atoms with E-state index in [0.29, 0.717) is 31.7 Å². The normalized spacial score (nSPS) is 25.9. The van der Waals surface area contributed by atoms with E-state index in [-0.39, 0.29) is 23.3 Å². The SMILES string of the molecule is O=S1(=O)CC[C@@]2(C[C@@H](NCc3ccc(Oc4cc(F)cc(F)c4)cc3)CCO2)C1. The van der Waals surface area contributed by atoms with Crippen LogP contribution in [0, 0.1) is 11.6 Å². The minimum absolute atomic E-state index is 0.104. The van der Waals surface area contributed by atoms with E-state index in [2.05, 4.69) is 5.32 Å². The molecular formula is C21H23F2NO4S. The lowest BCUT2D eigenvalue weighted by Gasteiger charge is -2.37. The Bertz CT molecular complexity index is 960. The summed E-state index contributed by atoms with van der Waals surface area (Å²) in [5, 5.41) is 3.49. The summed E-state index contributed by atoms with van der Waals surface area (Å²) in [4.78, 5) is 0. The predicted octanol–water partition coefficient (Wildman–Crippen LogP) is 3.58. The highest BCUT2D eigenvalue weighted by Crippen LogP contribution is 2.35. The molecule has 29 heavy (non-hydrogen) atoms. The Morgan fingerprint density at radius 2 is 1.83 bits per heavy atom. The Morgan fingerprint density at radius 1 is 1.10 bits per heavy atom. The van der Waals surface area contributed by atoms with Crippen molar-refractivity contribution in [2.24, 2.45) is 0 Å². The van der Waals surface area contributed by atoms with Crippen LogP contribution in [0.4, 0.5) is 8.78 Å². The Kier molecular flexibility index (Phi) is 5.59. The van der Waals surface area contributed by atoms with Crippen molar-refractivity contribution in [1.82, 2.24) is 5.32 Å². The van der Waals surface area contributed by atoms with Crippen LogP contribution < -0.4 is 10.1 Å². The molecule has 2 atom stereocenters. The second-order valence-corrected chi connectivity index (χ2v) is 9.98. The van der Waals surface area contributed by atoms with Crippen LogP contribution in [0.5, 0.6) is 11.5 Å². The summed E-state index contributed by atoms with van der Waals surface area (Å²) in [5.74, 6) is -0.469. The van der Waals surface area contributed by atoms with Crippen molar-refractivity contribution >= 4 is 9.84 Å². The molecule has 2 aromatic rings. The molecule has 2 aliphatic rings. The molecule has 0 saturated carbocycles. The molecule has 4 rings (SSSR count). The number of rotatable bonds is 5. The van der Waals surface area contributed by atoms with Crippen molar-refractivity contribution in [1.29, 1.82) is 0 Å². The number of ether oxygens (including phenoxy) is 2. The zero-order valence-corrected chi connectivity index (χ0v) is 16.7. The van der Waals surface area contributed by atoms with Crippen LogP contribution in [0.3, 0.4) is 0 Å². The number of nitrogens with one attached hydrogen (secondary N) is 1. The second-order valence-electron chi connectivity index (χ2n) is 7.80. The van der Waals surface area contributed by atoms with Crippen molar-refractivity contribution < 1.29 is 26.7 Å². The molecule has 2 aliphatic heterocycles. The van der Waals surface area contributed by atoms with Crippen molar-refractivity contribution in [2.75, 3.05) is 18.1 Å². The summed E-state index contributed by atoms with van der Waals surface area (Å²) in [5.41, 5.74) is 0.495. The average molecular weight is 423 g/mol. The van der Waals surface area contributed by atoms with Crippen LogP contribution in [0.25, 0.3) is 0 Å². The van der Waals surface area contributed by atoms with Gasteiger partial charge in [0, 0.05) is 37.4 Å². The first-order chi connectivity index (χ1) is 13.8. The highest BCUT2D eigenvalue weighted by atomic mass is 32.2. The quantitative estimate of drug-likeness (QED) is 0.796. The van der Waals surface area contributed by atoms with Gasteiger partial charge in [0.05, 0.1) is 17.1 Å². The summed E-state index contributed by atoms with van der Waals surface area (Å²) in [7, 11) is -2.99. The molecule has 2 saturated heterocycles. The van der Waals surface area contributed by atoms with E-state index in [1.165, 1.54) is 0 Å². The first kappa shape index (κ1) is 20.3. The smallest absolute Gasteiger partial charge is 0.153 e. The molecule has 2 heterocycles. The lowest BCUT2D eigenvalue weighted by atomic mass is 9.90. The predicted molar refractivity (Wildman–Crippen MR) is 105 cm³/mol. The van der Waals surface area contributed by atoms with Crippen LogP contribution in [-0.2, 0) is 21.1 Å². The molecule has 1 spiro atoms. The van der Waals surface area contributed by atoms with E-state index in [9.17, 15) is 17.2 Å². The third kappa shape index (κ3) is 5.12. The Hall–Kier alpha value is -2.03. The third-order valence-electron chi connectivity index (χ3n) is 5.43. The van der Waals surface area contributed by atoms with Crippen LogP contribution in [-0.4, -0.2) is 38.2 Å². The van der Waals surface area contributed by atoms with Gasteiger partial charge in [0.15, 0.2) is 9.84 Å². The van der Waals surface area contributed by atoms with Crippen LogP contribution in [0.2, 0.25) is 0 Å². The molecule has 0 aliphatic carbocycles. The lowest BCUT2D eigenvalue weighted by molar-refractivity contribution is -0.0705. The van der Waals surface area contributed by atoms with Crippen molar-refractivity contribution in [3.8, 4) is 11.5 Å². The number of sulfone groups is 1. The largest absolute Gasteiger partial charge is 0.457 e. The van der Waals surface area contributed by atoms with E-state index in [1.807, 2.05) is 12.1 Å². The Morgan fingerprint density at radius 3 is 2.48 bits per heavy atom. The zero-order valence-electron chi connectivity index (χ0n) is 15.9. The van der Waals surface area contributed by atoms with Gasteiger partial charge < -0.3 is 14.8 Å². The molecule has 1 N–H and O–H groups in total. The van der Waals surface area contributed by atoms with Crippen molar-refractivity contribution in [2.45, 2.75) is 37.5 Å². The molecule has 2 fully saturated rings. The summed E-state index contributed by atoms with van der Waals surface area (Å²) < 4.78 is 61.5. The fourth-order valence-electron chi connectivity index (χ4n) is 4.02. The maximum absolute atomic E-state index is 13.3. The monoisotopic (exact) mass is 423 g/mol. The van der Waals surface area contributed by atoms with Crippen molar-refractivity contribution in [3.63, 3.8) is 0 Å². The van der Waals surface area contributed by atoms with Gasteiger partial charge in [0.25, 0.3) is 0 Å². The summed E-state index contributed by atoms with van der Waals surface area (Å²) >= 11 is 0. The summed E-state index contributed by atoms with van der Waals surface area (Å²) in [6.07, 6.45) is 2.10. The lowest BCUT2D eigenvalue weighted by Crippen LogP contribution is -2.47. The molecule has 0 amide bonds. The van der Waals surface area contributed by atoms with Gasteiger partial charge in [-0.3, -0.25) is 0 Å². The van der Waals surface area contributed by atoms with Gasteiger partial charge in [-0.15, -0.1) is 0 Å². The molecule has 0 bridgehead atoms. The van der Waals surface area contributed by atoms with Gasteiger partial charge in [0.1, 0.15) is 23.1 Å². The summed E-state index contributed by atoms with van der Waals surface area (Å²) in [6.45, 7) is 1.19. The van der Waals surface area contributed by atoms with E-state index >= 15 is 0 Å². The minimum atomic E-state index is -2.99. The number of hydrogen-bond donors (Lipinski definition) is 1. The standard InChI is InChI=1S/C21H23F2NO4S/c22-16-9-17(23)11-20(10-16)28-19-3-1-15(2-4-19)13-24-18-5-7-27-21(12-18)6-8-29(25,26)14-21/h1-4,9-11,18,24H,5-8,12-14H2/t18-,21+/m0/s1. The number of hydrogen-bond acceptors (Lipinski definition) is 5. The van der Waals surface area contributed by atoms with E-state index in [4.69, 9.17) is 9.47 Å². The maximum atomic E-state index is 13.3. The van der Waals surface area contributed by atoms with Gasteiger partial charge >= 0.3 is 0 Å². The average Bonchev–Trinajstić information content (AvgIpc) is 2.94. The maximum Gasteiger partial charge on any atom is 0.153 e. The number of halogens is 2. The molecule has 0 radical (unpaired) electrons. The third-order valence-corrected chi connectivity index (χ3v) is 7.23. The zero-order chi connectivity index (χ0) is 20.5. The second kappa shape index (κ2) is 8.01. The van der Waals surface area contributed by atoms with Gasteiger partial charge in [-0.25, -0.2) is 17.2 Å². The van der Waals surface area contributed by atoms with Crippen LogP contribution in [0.1, 0.15) is 24.8 Å². The highest BCUT2D eigenvalue weighted by molar-refractivity contribution is 7.91. The van der Waals surface area contributed by atoms with Gasteiger partial charge in [-0.1, -0.05) is 12.1 Å². The Labute approximate surface area is 168 Å². The molecule has 0 unspecified atom stereocenters. The topological polar surface area (TPSA) is 64.6 Å². The highest BCUT2D eigenvalue weighted by Gasteiger charge is 2.46. The van der Waals surface area contributed by atoms with Gasteiger partial charge in [-0.05, 0) is 37.0 Å². The molecule has 8 heteroatoms. The minimum Gasteiger partial charge on any atom is -0.457 e.